The molecule has 1 rings (SSSR count). The van der Waals surface area contributed by atoms with Crippen LogP contribution < -0.4 is 5.32 Å². The normalized spacial score (nSPS) is 35.2. The van der Waals surface area contributed by atoms with E-state index in [1.165, 1.54) is 57.8 Å². The molecule has 1 aliphatic heterocycles. The van der Waals surface area contributed by atoms with E-state index >= 15 is 0 Å². The summed E-state index contributed by atoms with van der Waals surface area (Å²) in [5, 5.41) is 3.98. The number of nitrogens with one attached hydrogen (secondary N) is 1. The van der Waals surface area contributed by atoms with Crippen molar-refractivity contribution in [2.75, 3.05) is 0 Å². The van der Waals surface area contributed by atoms with Crippen molar-refractivity contribution in [3.8, 4) is 0 Å². The first kappa shape index (κ1) is 14.0. The van der Waals surface area contributed by atoms with Crippen LogP contribution in [0.4, 0.5) is 0 Å². The van der Waals surface area contributed by atoms with Gasteiger partial charge in [-0.2, -0.15) is 0 Å². The molecule has 0 aromatic carbocycles. The molecule has 96 valence electrons. The highest BCUT2D eigenvalue weighted by molar-refractivity contribution is 4.98. The molecule has 2 unspecified atom stereocenters. The van der Waals surface area contributed by atoms with Crippen molar-refractivity contribution in [1.29, 1.82) is 0 Å². The zero-order valence-electron chi connectivity index (χ0n) is 11.9. The summed E-state index contributed by atoms with van der Waals surface area (Å²) in [6, 6.07) is 0. The number of hydrogen-bond donors (Lipinski definition) is 1. The molecule has 2 atom stereocenters. The second-order valence-corrected chi connectivity index (χ2v) is 6.31. The topological polar surface area (TPSA) is 12.0 Å². The van der Waals surface area contributed by atoms with Crippen LogP contribution in [0.1, 0.15) is 85.5 Å². The average Bonchev–Trinajstić information content (AvgIpc) is 2.24. The molecule has 1 heterocycles. The first-order valence-electron chi connectivity index (χ1n) is 7.33. The third kappa shape index (κ3) is 4.08. The number of unbranched alkanes of at least 4 members (excludes halogenated alkanes) is 2. The lowest BCUT2D eigenvalue weighted by atomic mass is 9.76. The Morgan fingerprint density at radius 3 is 1.69 bits per heavy atom. The molecule has 16 heavy (non-hydrogen) atoms. The van der Waals surface area contributed by atoms with Gasteiger partial charge in [0, 0.05) is 11.1 Å². The second kappa shape index (κ2) is 6.05. The molecular formula is C15H31N. The molecule has 1 nitrogen and oxygen atoms in total. The highest BCUT2D eigenvalue weighted by atomic mass is 15.1. The Morgan fingerprint density at radius 1 is 0.875 bits per heavy atom. The van der Waals surface area contributed by atoms with Crippen molar-refractivity contribution in [3.63, 3.8) is 0 Å². The Balaban J connectivity index is 2.50. The first-order valence-corrected chi connectivity index (χ1v) is 7.33. The molecule has 0 spiro atoms. The van der Waals surface area contributed by atoms with Gasteiger partial charge >= 0.3 is 0 Å². The summed E-state index contributed by atoms with van der Waals surface area (Å²) in [5.74, 6) is 0. The van der Waals surface area contributed by atoms with Crippen molar-refractivity contribution in [3.05, 3.63) is 0 Å². The van der Waals surface area contributed by atoms with Crippen LogP contribution in [0.3, 0.4) is 0 Å². The summed E-state index contributed by atoms with van der Waals surface area (Å²) in [6.45, 7) is 9.46. The Kier molecular flexibility index (Phi) is 5.30. The van der Waals surface area contributed by atoms with Crippen LogP contribution in [-0.4, -0.2) is 11.1 Å². The fraction of sp³-hybridized carbons (Fsp3) is 1.00. The van der Waals surface area contributed by atoms with Gasteiger partial charge in [0.05, 0.1) is 0 Å². The van der Waals surface area contributed by atoms with Crippen LogP contribution in [0, 0.1) is 0 Å². The van der Waals surface area contributed by atoms with E-state index < -0.39 is 0 Å². The Morgan fingerprint density at radius 2 is 1.31 bits per heavy atom. The van der Waals surface area contributed by atoms with Gasteiger partial charge in [0.2, 0.25) is 0 Å². The molecule has 0 radical (unpaired) electrons. The lowest BCUT2D eigenvalue weighted by Crippen LogP contribution is -2.58. The van der Waals surface area contributed by atoms with Gasteiger partial charge in [0.25, 0.3) is 0 Å². The quantitative estimate of drug-likeness (QED) is 0.693. The maximum atomic E-state index is 3.98. The zero-order valence-corrected chi connectivity index (χ0v) is 11.9. The van der Waals surface area contributed by atoms with Gasteiger partial charge in [0.1, 0.15) is 0 Å². The molecular weight excluding hydrogens is 194 g/mol. The predicted molar refractivity (Wildman–Crippen MR) is 72.8 cm³/mol. The summed E-state index contributed by atoms with van der Waals surface area (Å²) in [6.07, 6.45) is 12.2. The maximum Gasteiger partial charge on any atom is 0.0158 e. The van der Waals surface area contributed by atoms with Crippen LogP contribution in [0.5, 0.6) is 0 Å². The van der Waals surface area contributed by atoms with Crippen LogP contribution in [0.15, 0.2) is 0 Å². The molecule has 0 saturated carbocycles. The van der Waals surface area contributed by atoms with Crippen molar-refractivity contribution in [2.45, 2.75) is 96.6 Å². The maximum absolute atomic E-state index is 3.98. The van der Waals surface area contributed by atoms with Gasteiger partial charge < -0.3 is 5.32 Å². The van der Waals surface area contributed by atoms with Gasteiger partial charge in [0.15, 0.2) is 0 Å². The zero-order chi connectivity index (χ0) is 12.1. The van der Waals surface area contributed by atoms with E-state index in [0.717, 1.165) is 0 Å². The van der Waals surface area contributed by atoms with Crippen LogP contribution in [0.2, 0.25) is 0 Å². The summed E-state index contributed by atoms with van der Waals surface area (Å²) >= 11 is 0. The Labute approximate surface area is 102 Å². The van der Waals surface area contributed by atoms with Crippen molar-refractivity contribution in [1.82, 2.24) is 5.32 Å². The van der Waals surface area contributed by atoms with E-state index in [2.05, 4.69) is 33.0 Å². The lowest BCUT2D eigenvalue weighted by Gasteiger charge is -2.47. The molecule has 0 aromatic heterocycles. The lowest BCUT2D eigenvalue weighted by molar-refractivity contribution is 0.133. The van der Waals surface area contributed by atoms with Gasteiger partial charge in [-0.15, -0.1) is 0 Å². The van der Waals surface area contributed by atoms with Crippen LogP contribution in [0.25, 0.3) is 0 Å². The third-order valence-corrected chi connectivity index (χ3v) is 4.22. The average molecular weight is 225 g/mol. The number of rotatable bonds is 6. The minimum Gasteiger partial charge on any atom is -0.306 e. The summed E-state index contributed by atoms with van der Waals surface area (Å²) in [7, 11) is 0. The second-order valence-electron chi connectivity index (χ2n) is 6.31. The number of hydrogen-bond acceptors (Lipinski definition) is 1. The van der Waals surface area contributed by atoms with Crippen LogP contribution >= 0.6 is 0 Å². The van der Waals surface area contributed by atoms with Crippen LogP contribution in [-0.2, 0) is 0 Å². The van der Waals surface area contributed by atoms with Gasteiger partial charge in [-0.25, -0.2) is 0 Å². The minimum atomic E-state index is 0.413. The molecule has 0 aromatic rings. The molecule has 1 fully saturated rings. The fourth-order valence-electron chi connectivity index (χ4n) is 3.23. The molecule has 0 aliphatic carbocycles. The SMILES string of the molecule is CCCCC1(C)CCCC(C)(CCCC)N1. The van der Waals surface area contributed by atoms with E-state index in [1.807, 2.05) is 0 Å². The van der Waals surface area contributed by atoms with E-state index in [4.69, 9.17) is 0 Å². The highest BCUT2D eigenvalue weighted by Crippen LogP contribution is 2.34. The van der Waals surface area contributed by atoms with Crippen molar-refractivity contribution in [2.24, 2.45) is 0 Å². The molecule has 1 N–H and O–H groups in total. The standard InChI is InChI=1S/C15H31N/c1-5-7-10-14(3)12-9-13-15(4,16-14)11-8-6-2/h16H,5-13H2,1-4H3. The molecule has 0 bridgehead atoms. The smallest absolute Gasteiger partial charge is 0.0158 e. The van der Waals surface area contributed by atoms with E-state index in [-0.39, 0.29) is 0 Å². The Hall–Kier alpha value is -0.0400. The minimum absolute atomic E-state index is 0.413. The third-order valence-electron chi connectivity index (χ3n) is 4.22. The van der Waals surface area contributed by atoms with Crippen molar-refractivity contribution >= 4 is 0 Å². The monoisotopic (exact) mass is 225 g/mol. The molecule has 1 heteroatoms. The number of piperidine rings is 1. The molecule has 0 amide bonds. The van der Waals surface area contributed by atoms with Gasteiger partial charge in [-0.3, -0.25) is 0 Å². The van der Waals surface area contributed by atoms with Gasteiger partial charge in [-0.1, -0.05) is 39.5 Å². The van der Waals surface area contributed by atoms with Crippen molar-refractivity contribution < 1.29 is 0 Å². The molecule has 1 aliphatic rings. The largest absolute Gasteiger partial charge is 0.306 e. The summed E-state index contributed by atoms with van der Waals surface area (Å²) < 4.78 is 0. The fourth-order valence-corrected chi connectivity index (χ4v) is 3.23. The molecule has 1 saturated heterocycles. The summed E-state index contributed by atoms with van der Waals surface area (Å²) in [5.41, 5.74) is 0.827. The Bertz CT molecular complexity index is 182. The summed E-state index contributed by atoms with van der Waals surface area (Å²) in [4.78, 5) is 0. The van der Waals surface area contributed by atoms with E-state index in [1.54, 1.807) is 0 Å². The van der Waals surface area contributed by atoms with Gasteiger partial charge in [-0.05, 0) is 46.0 Å². The van der Waals surface area contributed by atoms with E-state index in [0.29, 0.717) is 11.1 Å². The van der Waals surface area contributed by atoms with E-state index in [9.17, 15) is 0 Å². The predicted octanol–water partition coefficient (Wildman–Crippen LogP) is 4.66. The highest BCUT2D eigenvalue weighted by Gasteiger charge is 2.37. The first-order chi connectivity index (χ1) is 7.54.